The molecule has 1 aromatic carbocycles. The highest BCUT2D eigenvalue weighted by Gasteiger charge is 2.05. The maximum absolute atomic E-state index is 6.07. The van der Waals surface area contributed by atoms with Crippen LogP contribution in [-0.4, -0.2) is 24.8 Å². The number of nitrogens with two attached hydrogens (primary N) is 1. The molecule has 1 aromatic heterocycles. The number of fused-ring (bicyclic) bond motifs is 1. The van der Waals surface area contributed by atoms with Crippen LogP contribution in [0.5, 0.6) is 5.75 Å². The first kappa shape index (κ1) is 12.6. The van der Waals surface area contributed by atoms with E-state index in [1.807, 2.05) is 18.2 Å². The predicted molar refractivity (Wildman–Crippen MR) is 72.8 cm³/mol. The Balaban J connectivity index is 2.03. The summed E-state index contributed by atoms with van der Waals surface area (Å²) in [5.74, 6) is 0.703. The average molecular weight is 246 g/mol. The van der Waals surface area contributed by atoms with Gasteiger partial charge in [0.1, 0.15) is 12.4 Å². The molecule has 0 fully saturated rings. The second-order valence-electron chi connectivity index (χ2n) is 4.04. The highest BCUT2D eigenvalue weighted by atomic mass is 16.5. The molecule has 0 aliphatic carbocycles. The van der Waals surface area contributed by atoms with Crippen LogP contribution in [0.4, 0.5) is 5.69 Å². The molecule has 2 rings (SSSR count). The Kier molecular flexibility index (Phi) is 4.36. The number of nitrogen functional groups attached to an aromatic ring is 1. The predicted octanol–water partition coefficient (Wildman–Crippen LogP) is 2.62. The van der Waals surface area contributed by atoms with Crippen molar-refractivity contribution in [1.29, 1.82) is 0 Å². The minimum absolute atomic E-state index is 0.515. The number of anilines is 1. The van der Waals surface area contributed by atoms with Gasteiger partial charge in [-0.25, -0.2) is 0 Å². The van der Waals surface area contributed by atoms with Crippen molar-refractivity contribution in [1.82, 2.24) is 4.98 Å². The Labute approximate surface area is 107 Å². The van der Waals surface area contributed by atoms with Gasteiger partial charge in [-0.3, -0.25) is 4.98 Å². The van der Waals surface area contributed by atoms with Gasteiger partial charge in [0, 0.05) is 29.8 Å². The maximum atomic E-state index is 6.07. The van der Waals surface area contributed by atoms with E-state index in [4.69, 9.17) is 15.2 Å². The molecule has 4 nitrogen and oxygen atoms in total. The van der Waals surface area contributed by atoms with Gasteiger partial charge in [-0.05, 0) is 24.6 Å². The zero-order valence-corrected chi connectivity index (χ0v) is 10.6. The zero-order valence-electron chi connectivity index (χ0n) is 10.6. The first-order valence-corrected chi connectivity index (χ1v) is 6.15. The molecule has 96 valence electrons. The van der Waals surface area contributed by atoms with Crippen molar-refractivity contribution >= 4 is 16.5 Å². The van der Waals surface area contributed by atoms with E-state index in [2.05, 4.69) is 11.9 Å². The molecular formula is C14H18N2O2. The molecule has 18 heavy (non-hydrogen) atoms. The van der Waals surface area contributed by atoms with Crippen LogP contribution >= 0.6 is 0 Å². The van der Waals surface area contributed by atoms with Crippen LogP contribution in [-0.2, 0) is 4.74 Å². The summed E-state index contributed by atoms with van der Waals surface area (Å²) in [7, 11) is 0. The molecule has 2 aromatic rings. The van der Waals surface area contributed by atoms with Gasteiger partial charge in [0.05, 0.1) is 12.3 Å². The fraction of sp³-hybridized carbons (Fsp3) is 0.357. The van der Waals surface area contributed by atoms with Gasteiger partial charge in [0.2, 0.25) is 0 Å². The number of hydrogen-bond donors (Lipinski definition) is 1. The summed E-state index contributed by atoms with van der Waals surface area (Å²) in [5.41, 5.74) is 6.72. The smallest absolute Gasteiger partial charge is 0.142 e. The number of hydrogen-bond acceptors (Lipinski definition) is 4. The van der Waals surface area contributed by atoms with Crippen molar-refractivity contribution in [3.05, 3.63) is 30.6 Å². The number of pyridine rings is 1. The van der Waals surface area contributed by atoms with Crippen LogP contribution in [0.1, 0.15) is 13.3 Å². The lowest BCUT2D eigenvalue weighted by molar-refractivity contribution is 0.101. The second-order valence-corrected chi connectivity index (χ2v) is 4.04. The van der Waals surface area contributed by atoms with Crippen LogP contribution < -0.4 is 10.5 Å². The minimum atomic E-state index is 0.515. The van der Waals surface area contributed by atoms with Crippen molar-refractivity contribution in [2.24, 2.45) is 0 Å². The summed E-state index contributed by atoms with van der Waals surface area (Å²) < 4.78 is 11.0. The fourth-order valence-corrected chi connectivity index (χ4v) is 1.76. The summed E-state index contributed by atoms with van der Waals surface area (Å²) >= 11 is 0. The zero-order chi connectivity index (χ0) is 12.8. The quantitative estimate of drug-likeness (QED) is 0.628. The van der Waals surface area contributed by atoms with E-state index in [1.165, 1.54) is 0 Å². The van der Waals surface area contributed by atoms with Crippen LogP contribution in [0.25, 0.3) is 10.8 Å². The number of ether oxygens (including phenoxy) is 2. The highest BCUT2D eigenvalue weighted by Crippen LogP contribution is 2.29. The summed E-state index contributed by atoms with van der Waals surface area (Å²) in [6, 6.07) is 5.73. The van der Waals surface area contributed by atoms with E-state index >= 15 is 0 Å². The molecule has 1 heterocycles. The highest BCUT2D eigenvalue weighted by molar-refractivity contribution is 5.95. The topological polar surface area (TPSA) is 57.4 Å². The first-order valence-electron chi connectivity index (χ1n) is 6.15. The molecule has 0 saturated carbocycles. The maximum Gasteiger partial charge on any atom is 0.142 e. The standard InChI is InChI=1S/C14H18N2O2/c1-2-7-17-8-9-18-13-4-3-11-10-16-6-5-12(11)14(13)15/h3-6,10H,2,7-9,15H2,1H3. The molecule has 0 unspecified atom stereocenters. The van der Waals surface area contributed by atoms with Crippen LogP contribution in [0.3, 0.4) is 0 Å². The van der Waals surface area contributed by atoms with E-state index < -0.39 is 0 Å². The van der Waals surface area contributed by atoms with Crippen LogP contribution in [0.15, 0.2) is 30.6 Å². The summed E-state index contributed by atoms with van der Waals surface area (Å²) in [4.78, 5) is 4.06. The number of nitrogens with zero attached hydrogens (tertiary/aromatic N) is 1. The minimum Gasteiger partial charge on any atom is -0.489 e. The van der Waals surface area contributed by atoms with Gasteiger partial charge in [-0.1, -0.05) is 6.92 Å². The second kappa shape index (κ2) is 6.21. The molecule has 0 atom stereocenters. The fourth-order valence-electron chi connectivity index (χ4n) is 1.76. The van der Waals surface area contributed by atoms with Gasteiger partial charge < -0.3 is 15.2 Å². The lowest BCUT2D eigenvalue weighted by Gasteiger charge is -2.11. The monoisotopic (exact) mass is 246 g/mol. The van der Waals surface area contributed by atoms with E-state index in [1.54, 1.807) is 12.4 Å². The van der Waals surface area contributed by atoms with Crippen molar-refractivity contribution in [2.45, 2.75) is 13.3 Å². The average Bonchev–Trinajstić information content (AvgIpc) is 2.41. The van der Waals surface area contributed by atoms with Gasteiger partial charge >= 0.3 is 0 Å². The van der Waals surface area contributed by atoms with Crippen molar-refractivity contribution in [3.63, 3.8) is 0 Å². The van der Waals surface area contributed by atoms with E-state index in [0.29, 0.717) is 24.7 Å². The molecule has 0 radical (unpaired) electrons. The van der Waals surface area contributed by atoms with E-state index in [9.17, 15) is 0 Å². The Morgan fingerprint density at radius 2 is 2.06 bits per heavy atom. The Hall–Kier alpha value is -1.81. The molecule has 4 heteroatoms. The molecule has 0 aliphatic heterocycles. The van der Waals surface area contributed by atoms with Gasteiger partial charge in [-0.2, -0.15) is 0 Å². The van der Waals surface area contributed by atoms with E-state index in [-0.39, 0.29) is 0 Å². The van der Waals surface area contributed by atoms with Crippen LogP contribution in [0.2, 0.25) is 0 Å². The number of aromatic nitrogens is 1. The molecule has 0 amide bonds. The first-order chi connectivity index (χ1) is 8.83. The Morgan fingerprint density at radius 1 is 1.17 bits per heavy atom. The summed E-state index contributed by atoms with van der Waals surface area (Å²) in [5, 5.41) is 1.99. The van der Waals surface area contributed by atoms with Crippen molar-refractivity contribution in [2.75, 3.05) is 25.6 Å². The SMILES string of the molecule is CCCOCCOc1ccc2cnccc2c1N. The van der Waals surface area contributed by atoms with E-state index in [0.717, 1.165) is 23.8 Å². The lowest BCUT2D eigenvalue weighted by atomic mass is 10.1. The molecular weight excluding hydrogens is 228 g/mol. The summed E-state index contributed by atoms with van der Waals surface area (Å²) in [6.45, 7) is 3.95. The van der Waals surface area contributed by atoms with Gasteiger partial charge in [0.25, 0.3) is 0 Å². The number of rotatable bonds is 6. The Bertz CT molecular complexity index is 514. The molecule has 0 spiro atoms. The molecule has 0 saturated heterocycles. The summed E-state index contributed by atoms with van der Waals surface area (Å²) in [6.07, 6.45) is 4.54. The third-order valence-corrected chi connectivity index (χ3v) is 2.66. The molecule has 0 bridgehead atoms. The molecule has 2 N–H and O–H groups in total. The normalized spacial score (nSPS) is 10.7. The lowest BCUT2D eigenvalue weighted by Crippen LogP contribution is -2.08. The van der Waals surface area contributed by atoms with Crippen LogP contribution in [0, 0.1) is 0 Å². The van der Waals surface area contributed by atoms with Crippen molar-refractivity contribution < 1.29 is 9.47 Å². The Morgan fingerprint density at radius 3 is 2.89 bits per heavy atom. The third-order valence-electron chi connectivity index (χ3n) is 2.66. The van der Waals surface area contributed by atoms with Gasteiger partial charge in [0.15, 0.2) is 0 Å². The molecule has 0 aliphatic rings. The third kappa shape index (κ3) is 2.90. The van der Waals surface area contributed by atoms with Gasteiger partial charge in [-0.15, -0.1) is 0 Å². The van der Waals surface area contributed by atoms with Crippen molar-refractivity contribution in [3.8, 4) is 5.75 Å². The largest absolute Gasteiger partial charge is 0.489 e. The number of benzene rings is 1.